The molecular weight excluding hydrogens is 677 g/mol. The van der Waals surface area contributed by atoms with Crippen LogP contribution in [0.2, 0.25) is 0 Å². The molecule has 0 amide bonds. The van der Waals surface area contributed by atoms with E-state index in [9.17, 15) is 0 Å². The first-order valence-electron chi connectivity index (χ1n) is 21.6. The Hall–Kier alpha value is -5.01. The van der Waals surface area contributed by atoms with Crippen LogP contribution >= 0.6 is 0 Å². The lowest BCUT2D eigenvalue weighted by Gasteiger charge is -2.29. The van der Waals surface area contributed by atoms with Crippen molar-refractivity contribution in [3.05, 3.63) is 166 Å². The molecule has 0 heterocycles. The van der Waals surface area contributed by atoms with Crippen molar-refractivity contribution in [2.45, 2.75) is 119 Å². The summed E-state index contributed by atoms with van der Waals surface area (Å²) in [6.07, 6.45) is 11.9. The van der Waals surface area contributed by atoms with Crippen molar-refractivity contribution in [3.63, 3.8) is 0 Å². The average Bonchev–Trinajstić information content (AvgIpc) is 3.24. The van der Waals surface area contributed by atoms with Crippen LogP contribution in [0.3, 0.4) is 0 Å². The Labute approximate surface area is 338 Å². The molecule has 0 saturated carbocycles. The molecule has 6 aromatic rings. The number of benzene rings is 6. The molecule has 1 heteroatoms. The second-order valence-corrected chi connectivity index (χ2v) is 15.6. The standard InChI is InChI=1S/C55H62O/c1-7-11-35-45-39(5)49(41-27-19-15-20-28-41)51(43-31-23-17-24-32-43)47(37-13-9-3)53(45)55(56)54-46(36-12-8-2)40(6)50(42-29-21-16-22-30-42)52(48(54)38-14-10-4)44-33-25-18-26-34-44/h15-34H,7-14,35-38H2,1-6H3. The third kappa shape index (κ3) is 8.53. The molecule has 0 N–H and O–H groups in total. The molecular formula is C55H62O. The summed E-state index contributed by atoms with van der Waals surface area (Å²) in [5, 5.41) is 0. The van der Waals surface area contributed by atoms with Crippen LogP contribution in [0.25, 0.3) is 44.5 Å². The second kappa shape index (κ2) is 19.7. The van der Waals surface area contributed by atoms with Gasteiger partial charge in [-0.15, -0.1) is 0 Å². The van der Waals surface area contributed by atoms with Crippen molar-refractivity contribution >= 4 is 5.78 Å². The molecule has 0 aliphatic carbocycles. The van der Waals surface area contributed by atoms with Gasteiger partial charge in [0.25, 0.3) is 0 Å². The number of hydrogen-bond acceptors (Lipinski definition) is 1. The van der Waals surface area contributed by atoms with Gasteiger partial charge in [-0.2, -0.15) is 0 Å². The average molecular weight is 739 g/mol. The highest BCUT2D eigenvalue weighted by Gasteiger charge is 2.32. The van der Waals surface area contributed by atoms with Crippen molar-refractivity contribution in [3.8, 4) is 44.5 Å². The highest BCUT2D eigenvalue weighted by Crippen LogP contribution is 2.47. The predicted molar refractivity (Wildman–Crippen MR) is 242 cm³/mol. The normalized spacial score (nSPS) is 11.2. The van der Waals surface area contributed by atoms with E-state index in [-0.39, 0.29) is 5.78 Å². The second-order valence-electron chi connectivity index (χ2n) is 15.6. The van der Waals surface area contributed by atoms with E-state index in [2.05, 4.69) is 163 Å². The van der Waals surface area contributed by atoms with Gasteiger partial charge in [-0.1, -0.05) is 175 Å². The van der Waals surface area contributed by atoms with E-state index in [0.717, 1.165) is 88.2 Å². The molecule has 1 nitrogen and oxygen atoms in total. The molecule has 0 atom stereocenters. The minimum atomic E-state index is 0.235. The zero-order valence-corrected chi connectivity index (χ0v) is 34.9. The van der Waals surface area contributed by atoms with Gasteiger partial charge in [-0.3, -0.25) is 4.79 Å². The van der Waals surface area contributed by atoms with E-state index in [1.165, 1.54) is 77.9 Å². The molecule has 0 aromatic heterocycles. The minimum absolute atomic E-state index is 0.235. The molecule has 6 aromatic carbocycles. The third-order valence-electron chi connectivity index (χ3n) is 11.8. The maximum absolute atomic E-state index is 16.5. The molecule has 0 bridgehead atoms. The predicted octanol–water partition coefficient (Wildman–Crippen LogP) is 15.6. The topological polar surface area (TPSA) is 17.1 Å². The molecule has 0 unspecified atom stereocenters. The monoisotopic (exact) mass is 738 g/mol. The fraction of sp³-hybridized carbons (Fsp3) is 0.327. The summed E-state index contributed by atoms with van der Waals surface area (Å²) in [5.74, 6) is 0.235. The molecule has 0 fully saturated rings. The number of ketones is 1. The molecule has 0 radical (unpaired) electrons. The van der Waals surface area contributed by atoms with E-state index in [1.807, 2.05) is 0 Å². The molecule has 0 saturated heterocycles. The lowest BCUT2D eigenvalue weighted by Crippen LogP contribution is -2.20. The summed E-state index contributed by atoms with van der Waals surface area (Å²) in [4.78, 5) is 16.5. The van der Waals surface area contributed by atoms with Gasteiger partial charge in [-0.05, 0) is 143 Å². The van der Waals surface area contributed by atoms with Crippen LogP contribution in [0.15, 0.2) is 121 Å². The van der Waals surface area contributed by atoms with E-state index in [0.29, 0.717) is 0 Å². The number of carbonyl (C=O) groups excluding carboxylic acids is 1. The number of hydrogen-bond donors (Lipinski definition) is 0. The molecule has 0 spiro atoms. The van der Waals surface area contributed by atoms with Gasteiger partial charge in [0.1, 0.15) is 0 Å². The lowest BCUT2D eigenvalue weighted by atomic mass is 9.73. The summed E-state index contributed by atoms with van der Waals surface area (Å²) in [5.41, 5.74) is 19.3. The van der Waals surface area contributed by atoms with Crippen molar-refractivity contribution in [1.82, 2.24) is 0 Å². The van der Waals surface area contributed by atoms with Crippen LogP contribution in [-0.2, 0) is 25.7 Å². The Bertz CT molecular complexity index is 2040. The molecule has 0 aliphatic rings. The summed E-state index contributed by atoms with van der Waals surface area (Å²) >= 11 is 0. The molecule has 0 aliphatic heterocycles. The van der Waals surface area contributed by atoms with Gasteiger partial charge in [0.2, 0.25) is 0 Å². The number of carbonyl (C=O) groups is 1. The maximum atomic E-state index is 16.5. The van der Waals surface area contributed by atoms with Gasteiger partial charge >= 0.3 is 0 Å². The SMILES string of the molecule is CCCCc1c(C)c(-c2ccccc2)c(-c2ccccc2)c(CCCC)c1C(=O)c1c(CCCC)c(C)c(-c2ccccc2)c(-c2ccccc2)c1CCCC. The lowest BCUT2D eigenvalue weighted by molar-refractivity contribution is 0.103. The van der Waals surface area contributed by atoms with Crippen LogP contribution < -0.4 is 0 Å². The molecule has 288 valence electrons. The first kappa shape index (κ1) is 40.6. The Balaban J connectivity index is 1.82. The van der Waals surface area contributed by atoms with Crippen molar-refractivity contribution in [2.75, 3.05) is 0 Å². The van der Waals surface area contributed by atoms with Gasteiger partial charge in [0.05, 0.1) is 0 Å². The first-order valence-corrected chi connectivity index (χ1v) is 21.6. The first-order chi connectivity index (χ1) is 27.5. The highest BCUT2D eigenvalue weighted by atomic mass is 16.1. The van der Waals surface area contributed by atoms with Crippen LogP contribution in [-0.4, -0.2) is 5.78 Å². The van der Waals surface area contributed by atoms with Gasteiger partial charge in [0, 0.05) is 11.1 Å². The Morgan fingerprint density at radius 2 is 0.607 bits per heavy atom. The fourth-order valence-corrected chi connectivity index (χ4v) is 8.96. The van der Waals surface area contributed by atoms with Crippen LogP contribution in [0.5, 0.6) is 0 Å². The zero-order valence-electron chi connectivity index (χ0n) is 34.9. The van der Waals surface area contributed by atoms with E-state index >= 15 is 4.79 Å². The van der Waals surface area contributed by atoms with Crippen molar-refractivity contribution in [1.29, 1.82) is 0 Å². The summed E-state index contributed by atoms with van der Waals surface area (Å²) < 4.78 is 0. The summed E-state index contributed by atoms with van der Waals surface area (Å²) in [7, 11) is 0. The van der Waals surface area contributed by atoms with Crippen LogP contribution in [0.4, 0.5) is 0 Å². The van der Waals surface area contributed by atoms with Crippen LogP contribution in [0, 0.1) is 13.8 Å². The largest absolute Gasteiger partial charge is 0.289 e. The van der Waals surface area contributed by atoms with Gasteiger partial charge in [-0.25, -0.2) is 0 Å². The van der Waals surface area contributed by atoms with Crippen molar-refractivity contribution in [2.24, 2.45) is 0 Å². The number of unbranched alkanes of at least 4 members (excludes halogenated alkanes) is 4. The molecule has 56 heavy (non-hydrogen) atoms. The Kier molecular flexibility index (Phi) is 14.3. The maximum Gasteiger partial charge on any atom is 0.194 e. The summed E-state index contributed by atoms with van der Waals surface area (Å²) in [6.45, 7) is 13.7. The van der Waals surface area contributed by atoms with Crippen molar-refractivity contribution < 1.29 is 4.79 Å². The molecule has 6 rings (SSSR count). The third-order valence-corrected chi connectivity index (χ3v) is 11.8. The van der Waals surface area contributed by atoms with E-state index < -0.39 is 0 Å². The van der Waals surface area contributed by atoms with E-state index in [1.54, 1.807) is 0 Å². The number of rotatable bonds is 18. The summed E-state index contributed by atoms with van der Waals surface area (Å²) in [6, 6.07) is 43.7. The fourth-order valence-electron chi connectivity index (χ4n) is 8.96. The van der Waals surface area contributed by atoms with E-state index in [4.69, 9.17) is 0 Å². The Morgan fingerprint density at radius 1 is 0.357 bits per heavy atom. The minimum Gasteiger partial charge on any atom is -0.289 e. The zero-order chi connectivity index (χ0) is 39.4. The van der Waals surface area contributed by atoms with Gasteiger partial charge < -0.3 is 0 Å². The Morgan fingerprint density at radius 3 is 0.875 bits per heavy atom. The quantitative estimate of drug-likeness (QED) is 0.0803. The van der Waals surface area contributed by atoms with Gasteiger partial charge in [0.15, 0.2) is 5.78 Å². The van der Waals surface area contributed by atoms with Crippen LogP contribution in [0.1, 0.15) is 128 Å². The highest BCUT2D eigenvalue weighted by molar-refractivity contribution is 6.16. The smallest absolute Gasteiger partial charge is 0.194 e.